The molecule has 2 aromatic rings. The van der Waals surface area contributed by atoms with E-state index >= 15 is 0 Å². The number of non-ortho nitro benzene ring substituents is 1. The fourth-order valence-electron chi connectivity index (χ4n) is 3.00. The van der Waals surface area contributed by atoms with Gasteiger partial charge in [0.2, 0.25) is 0 Å². The van der Waals surface area contributed by atoms with Gasteiger partial charge < -0.3 is 4.74 Å². The van der Waals surface area contributed by atoms with Gasteiger partial charge in [-0.05, 0) is 36.8 Å². The van der Waals surface area contributed by atoms with Gasteiger partial charge in [-0.2, -0.15) is 0 Å². The first-order valence-corrected chi connectivity index (χ1v) is 9.06. The molecule has 2 aromatic carbocycles. The number of methoxy groups -OCH3 is 1. The first-order chi connectivity index (χ1) is 13.8. The van der Waals surface area contributed by atoms with Crippen LogP contribution in [0, 0.1) is 10.1 Å². The minimum absolute atomic E-state index is 0.0758. The second-order valence-electron chi connectivity index (χ2n) is 6.07. The summed E-state index contributed by atoms with van der Waals surface area (Å²) in [6.45, 7) is 1.59. The van der Waals surface area contributed by atoms with Gasteiger partial charge in [-0.1, -0.05) is 35.3 Å². The summed E-state index contributed by atoms with van der Waals surface area (Å²) in [5.41, 5.74) is 1.21. The number of halogens is 2. The third kappa shape index (κ3) is 3.74. The molecule has 1 aliphatic heterocycles. The molecular weight excluding hydrogens is 419 g/mol. The van der Waals surface area contributed by atoms with Gasteiger partial charge in [0, 0.05) is 23.5 Å². The zero-order valence-corrected chi connectivity index (χ0v) is 16.8. The number of hydrogen-bond donors (Lipinski definition) is 0. The van der Waals surface area contributed by atoms with E-state index < -0.39 is 16.8 Å². The molecule has 0 saturated carbocycles. The molecule has 29 heavy (non-hydrogen) atoms. The lowest BCUT2D eigenvalue weighted by molar-refractivity contribution is -0.384. The Morgan fingerprint density at radius 3 is 2.41 bits per heavy atom. The van der Waals surface area contributed by atoms with Gasteiger partial charge in [0.15, 0.2) is 0 Å². The number of nitro groups is 1. The average molecular weight is 433 g/mol. The Labute approximate surface area is 175 Å². The van der Waals surface area contributed by atoms with Crippen molar-refractivity contribution in [1.29, 1.82) is 0 Å². The first-order valence-electron chi connectivity index (χ1n) is 8.30. The molecule has 0 aliphatic carbocycles. The van der Waals surface area contributed by atoms with E-state index in [9.17, 15) is 19.7 Å². The first kappa shape index (κ1) is 20.6. The maximum absolute atomic E-state index is 13.2. The second kappa shape index (κ2) is 8.06. The largest absolute Gasteiger partial charge is 0.465 e. The Balaban J connectivity index is 2.14. The molecule has 1 amide bonds. The number of carbonyl (C=O) groups excluding carboxylic acids is 2. The topological polar surface area (TPSA) is 89.8 Å². The highest BCUT2D eigenvalue weighted by atomic mass is 35.5. The van der Waals surface area contributed by atoms with Crippen molar-refractivity contribution in [2.24, 2.45) is 0 Å². The van der Waals surface area contributed by atoms with E-state index in [2.05, 4.69) is 0 Å². The highest BCUT2D eigenvalue weighted by Gasteiger charge is 2.38. The molecule has 0 saturated heterocycles. The van der Waals surface area contributed by atoms with Crippen molar-refractivity contribution >= 4 is 52.5 Å². The van der Waals surface area contributed by atoms with Crippen molar-refractivity contribution in [3.8, 4) is 0 Å². The fourth-order valence-corrected chi connectivity index (χ4v) is 3.36. The lowest BCUT2D eigenvalue weighted by Gasteiger charge is -2.17. The zero-order valence-electron chi connectivity index (χ0n) is 15.3. The van der Waals surface area contributed by atoms with Crippen molar-refractivity contribution in [1.82, 2.24) is 0 Å². The normalized spacial score (nSPS) is 15.2. The molecule has 1 aliphatic rings. The average Bonchev–Trinajstić information content (AvgIpc) is 2.94. The van der Waals surface area contributed by atoms with Crippen LogP contribution in [0.2, 0.25) is 10.0 Å². The summed E-state index contributed by atoms with van der Waals surface area (Å²) in [7, 11) is 1.21. The van der Waals surface area contributed by atoms with Crippen molar-refractivity contribution in [2.45, 2.75) is 6.92 Å². The molecule has 0 fully saturated rings. The molecule has 1 heterocycles. The van der Waals surface area contributed by atoms with E-state index in [0.29, 0.717) is 22.0 Å². The van der Waals surface area contributed by atoms with Crippen LogP contribution in [0.25, 0.3) is 6.08 Å². The maximum Gasteiger partial charge on any atom is 0.340 e. The Kier molecular flexibility index (Phi) is 5.72. The number of carbonyl (C=O) groups is 2. The molecule has 3 rings (SSSR count). The van der Waals surface area contributed by atoms with Gasteiger partial charge in [0.25, 0.3) is 11.6 Å². The third-order valence-electron chi connectivity index (χ3n) is 4.39. The molecule has 0 unspecified atom stereocenters. The smallest absolute Gasteiger partial charge is 0.340 e. The molecule has 0 spiro atoms. The van der Waals surface area contributed by atoms with Crippen molar-refractivity contribution in [3.05, 3.63) is 85.0 Å². The van der Waals surface area contributed by atoms with Crippen molar-refractivity contribution < 1.29 is 19.2 Å². The summed E-state index contributed by atoms with van der Waals surface area (Å²) >= 11 is 12.3. The van der Waals surface area contributed by atoms with Gasteiger partial charge in [-0.15, -0.1) is 0 Å². The second-order valence-corrected chi connectivity index (χ2v) is 6.85. The molecule has 0 N–H and O–H groups in total. The van der Waals surface area contributed by atoms with E-state index in [-0.39, 0.29) is 21.9 Å². The summed E-state index contributed by atoms with van der Waals surface area (Å²) in [5, 5.41) is 11.4. The minimum atomic E-state index is -0.690. The van der Waals surface area contributed by atoms with Crippen LogP contribution in [0.5, 0.6) is 0 Å². The minimum Gasteiger partial charge on any atom is -0.465 e. The molecule has 148 valence electrons. The number of hydrogen-bond acceptors (Lipinski definition) is 5. The van der Waals surface area contributed by atoms with Crippen LogP contribution < -0.4 is 4.90 Å². The molecule has 0 bridgehead atoms. The van der Waals surface area contributed by atoms with Gasteiger partial charge in [0.1, 0.15) is 0 Å². The summed E-state index contributed by atoms with van der Waals surface area (Å²) in [4.78, 5) is 37.2. The molecule has 0 radical (unpaired) electrons. The van der Waals surface area contributed by atoms with Crippen LogP contribution in [-0.2, 0) is 14.3 Å². The molecule has 0 aromatic heterocycles. The molecule has 9 heteroatoms. The van der Waals surface area contributed by atoms with Crippen LogP contribution in [0.3, 0.4) is 0 Å². The number of amides is 1. The number of esters is 1. The van der Waals surface area contributed by atoms with Crippen molar-refractivity contribution in [2.75, 3.05) is 12.0 Å². The summed E-state index contributed by atoms with van der Waals surface area (Å²) in [6.07, 6.45) is 1.47. The van der Waals surface area contributed by atoms with Gasteiger partial charge in [-0.25, -0.2) is 4.79 Å². The predicted molar refractivity (Wildman–Crippen MR) is 110 cm³/mol. The summed E-state index contributed by atoms with van der Waals surface area (Å²) in [5.74, 6) is -1.18. The third-order valence-corrected chi connectivity index (χ3v) is 5.22. The van der Waals surface area contributed by atoms with E-state index in [4.69, 9.17) is 27.9 Å². The van der Waals surface area contributed by atoms with Gasteiger partial charge >= 0.3 is 5.97 Å². The number of nitro benzene ring substituents is 1. The molecule has 7 nitrogen and oxygen atoms in total. The van der Waals surface area contributed by atoms with Crippen LogP contribution >= 0.6 is 23.2 Å². The van der Waals surface area contributed by atoms with Crippen LogP contribution in [0.4, 0.5) is 11.4 Å². The number of nitrogens with zero attached hydrogens (tertiary/aromatic N) is 2. The van der Waals surface area contributed by atoms with Crippen LogP contribution in [0.15, 0.2) is 59.3 Å². The summed E-state index contributed by atoms with van der Waals surface area (Å²) in [6, 6.07) is 10.4. The van der Waals surface area contributed by atoms with E-state index in [1.165, 1.54) is 42.4 Å². The predicted octanol–water partition coefficient (Wildman–Crippen LogP) is 4.78. The molecule has 0 atom stereocenters. The molecular formula is C20H14Cl2N2O5. The Morgan fingerprint density at radius 1 is 1.17 bits per heavy atom. The summed E-state index contributed by atoms with van der Waals surface area (Å²) < 4.78 is 4.84. The lowest BCUT2D eigenvalue weighted by Crippen LogP contribution is -2.24. The van der Waals surface area contributed by atoms with Crippen LogP contribution in [0.1, 0.15) is 12.5 Å². The Bertz CT molecular complexity index is 1090. The maximum atomic E-state index is 13.2. The van der Waals surface area contributed by atoms with E-state index in [1.54, 1.807) is 25.1 Å². The number of ether oxygens (including phenoxy) is 1. The monoisotopic (exact) mass is 432 g/mol. The quantitative estimate of drug-likeness (QED) is 0.300. The standard InChI is InChI=1S/C20H14Cl2N2O5/c1-11-17(20(26)29-2)15(10-12-4-3-5-16(21)18(12)22)19(25)23(11)13-6-8-14(9-7-13)24(27)28/h3-10H,1-2H3/b15-10-. The van der Waals surface area contributed by atoms with E-state index in [0.717, 1.165) is 0 Å². The number of anilines is 1. The SMILES string of the molecule is COC(=O)C1=C(C)N(c2ccc([N+](=O)[O-])cc2)C(=O)/C1=C\c1cccc(Cl)c1Cl. The lowest BCUT2D eigenvalue weighted by atomic mass is 10.0. The highest BCUT2D eigenvalue weighted by molar-refractivity contribution is 6.43. The fraction of sp³-hybridized carbons (Fsp3) is 0.100. The highest BCUT2D eigenvalue weighted by Crippen LogP contribution is 2.37. The Hall–Kier alpha value is -3.16. The van der Waals surface area contributed by atoms with Crippen LogP contribution in [-0.4, -0.2) is 23.9 Å². The number of rotatable bonds is 4. The van der Waals surface area contributed by atoms with E-state index in [1.807, 2.05) is 0 Å². The number of benzene rings is 2. The Morgan fingerprint density at radius 2 is 1.83 bits per heavy atom. The van der Waals surface area contributed by atoms with Gasteiger partial charge in [0.05, 0.1) is 33.2 Å². The van der Waals surface area contributed by atoms with Crippen molar-refractivity contribution in [3.63, 3.8) is 0 Å². The number of allylic oxidation sites excluding steroid dienone is 1. The zero-order chi connectivity index (χ0) is 21.3. The van der Waals surface area contributed by atoms with Gasteiger partial charge in [-0.3, -0.25) is 19.8 Å².